The minimum atomic E-state index is -4.56. The summed E-state index contributed by atoms with van der Waals surface area (Å²) in [4.78, 5) is 22.5. The minimum absolute atomic E-state index is 0.0204. The average Bonchev–Trinajstić information content (AvgIpc) is 2.90. The summed E-state index contributed by atoms with van der Waals surface area (Å²) in [5.41, 5.74) is 0.611. The number of anilines is 2. The second-order valence-corrected chi connectivity index (χ2v) is 8.03. The molecular formula is C20H16F3N5OS. The van der Waals surface area contributed by atoms with Crippen LogP contribution < -0.4 is 10.2 Å². The quantitative estimate of drug-likeness (QED) is 0.778. The monoisotopic (exact) mass is 431 g/mol. The summed E-state index contributed by atoms with van der Waals surface area (Å²) >= 11 is 1.70. The van der Waals surface area contributed by atoms with Crippen molar-refractivity contribution < 1.29 is 18.0 Å². The van der Waals surface area contributed by atoms with Crippen LogP contribution in [-0.4, -0.2) is 41.2 Å². The number of alkyl halides is 3. The smallest absolute Gasteiger partial charge is 0.369 e. The van der Waals surface area contributed by atoms with Gasteiger partial charge in [0.2, 0.25) is 5.91 Å². The number of rotatable bonds is 2. The Bertz CT molecular complexity index is 1070. The molecule has 0 bridgehead atoms. The van der Waals surface area contributed by atoms with Crippen molar-refractivity contribution in [1.82, 2.24) is 4.98 Å². The van der Waals surface area contributed by atoms with Gasteiger partial charge in [-0.25, -0.2) is 4.98 Å². The van der Waals surface area contributed by atoms with Crippen molar-refractivity contribution in [3.05, 3.63) is 47.3 Å². The molecule has 0 atom stereocenters. The van der Waals surface area contributed by atoms with Gasteiger partial charge >= 0.3 is 6.18 Å². The number of nitriles is 1. The lowest BCUT2D eigenvalue weighted by molar-refractivity contribution is -0.137. The summed E-state index contributed by atoms with van der Waals surface area (Å²) in [5, 5.41) is 11.6. The van der Waals surface area contributed by atoms with E-state index in [9.17, 15) is 18.0 Å². The maximum Gasteiger partial charge on any atom is 0.418 e. The Kier molecular flexibility index (Phi) is 5.39. The number of aromatic nitrogens is 1. The first-order chi connectivity index (χ1) is 14.3. The molecule has 3 heterocycles. The lowest BCUT2D eigenvalue weighted by Crippen LogP contribution is -2.34. The largest absolute Gasteiger partial charge is 0.418 e. The van der Waals surface area contributed by atoms with E-state index in [1.54, 1.807) is 22.7 Å². The molecule has 6 nitrogen and oxygen atoms in total. The Labute approximate surface area is 174 Å². The number of halogens is 3. The molecule has 4 rings (SSSR count). The van der Waals surface area contributed by atoms with Gasteiger partial charge in [-0.3, -0.25) is 9.79 Å². The molecular weight excluding hydrogens is 415 g/mol. The molecule has 2 aliphatic heterocycles. The van der Waals surface area contributed by atoms with Crippen LogP contribution in [0.1, 0.15) is 23.2 Å². The minimum Gasteiger partial charge on any atom is -0.369 e. The van der Waals surface area contributed by atoms with Crippen LogP contribution in [0.3, 0.4) is 0 Å². The summed E-state index contributed by atoms with van der Waals surface area (Å²) in [6, 6.07) is 7.41. The molecule has 1 aromatic heterocycles. The van der Waals surface area contributed by atoms with Crippen LogP contribution in [0.4, 0.5) is 30.2 Å². The maximum atomic E-state index is 13.8. The van der Waals surface area contributed by atoms with Crippen molar-refractivity contribution in [2.75, 3.05) is 34.8 Å². The summed E-state index contributed by atoms with van der Waals surface area (Å²) in [5.74, 6) is 1.01. The second-order valence-electron chi connectivity index (χ2n) is 6.81. The second kappa shape index (κ2) is 7.99. The van der Waals surface area contributed by atoms with E-state index in [0.29, 0.717) is 24.4 Å². The van der Waals surface area contributed by atoms with E-state index in [2.05, 4.69) is 15.3 Å². The molecule has 30 heavy (non-hydrogen) atoms. The lowest BCUT2D eigenvalue weighted by atomic mass is 10.1. The Morgan fingerprint density at radius 2 is 1.97 bits per heavy atom. The SMILES string of the molecule is N#Cc1cc(C2=Nc3cc(N4CCSCC4)c(C(F)(F)F)cc3NC(=O)C2)ccn1. The van der Waals surface area contributed by atoms with Crippen molar-refractivity contribution in [2.45, 2.75) is 12.6 Å². The zero-order valence-corrected chi connectivity index (χ0v) is 16.5. The van der Waals surface area contributed by atoms with Crippen LogP contribution >= 0.6 is 11.8 Å². The number of nitrogens with zero attached hydrogens (tertiary/aromatic N) is 4. The van der Waals surface area contributed by atoms with Gasteiger partial charge in [-0.2, -0.15) is 30.2 Å². The zero-order chi connectivity index (χ0) is 21.3. The van der Waals surface area contributed by atoms with Gasteiger partial charge in [0.15, 0.2) is 0 Å². The molecule has 0 aliphatic carbocycles. The highest BCUT2D eigenvalue weighted by Crippen LogP contribution is 2.43. The van der Waals surface area contributed by atoms with Crippen molar-refractivity contribution in [3.8, 4) is 6.07 Å². The van der Waals surface area contributed by atoms with Crippen LogP contribution in [0.5, 0.6) is 0 Å². The topological polar surface area (TPSA) is 81.4 Å². The first-order valence-electron chi connectivity index (χ1n) is 9.17. The highest BCUT2D eigenvalue weighted by atomic mass is 32.2. The molecule has 1 amide bonds. The predicted molar refractivity (Wildman–Crippen MR) is 109 cm³/mol. The Hall–Kier alpha value is -3.06. The lowest BCUT2D eigenvalue weighted by Gasteiger charge is -2.31. The molecule has 0 unspecified atom stereocenters. The first-order valence-corrected chi connectivity index (χ1v) is 10.3. The standard InChI is InChI=1S/C20H16F3N5OS/c21-20(22,23)14-8-16-17(9-18(14)28-3-5-30-6-4-28)26-15(10-19(29)27-16)12-1-2-25-13(7-12)11-24/h1-2,7-9H,3-6,10H2,(H,27,29). The van der Waals surface area contributed by atoms with Crippen LogP contribution in [-0.2, 0) is 11.0 Å². The molecule has 10 heteroatoms. The zero-order valence-electron chi connectivity index (χ0n) is 15.7. The van der Waals surface area contributed by atoms with Gasteiger partial charge in [-0.15, -0.1) is 0 Å². The summed E-state index contributed by atoms with van der Waals surface area (Å²) in [7, 11) is 0. The number of benzene rings is 1. The van der Waals surface area contributed by atoms with Gasteiger partial charge in [0.05, 0.1) is 34.8 Å². The van der Waals surface area contributed by atoms with Crippen LogP contribution in [0, 0.1) is 11.3 Å². The van der Waals surface area contributed by atoms with Crippen LogP contribution in [0.2, 0.25) is 0 Å². The number of thioether (sulfide) groups is 1. The summed E-state index contributed by atoms with van der Waals surface area (Å²) in [6.07, 6.45) is -3.25. The number of fused-ring (bicyclic) bond motifs is 1. The number of aliphatic imine (C=N–C) groups is 1. The van der Waals surface area contributed by atoms with Gasteiger partial charge in [0.1, 0.15) is 11.8 Å². The molecule has 1 saturated heterocycles. The van der Waals surface area contributed by atoms with E-state index in [4.69, 9.17) is 5.26 Å². The highest BCUT2D eigenvalue weighted by molar-refractivity contribution is 7.99. The normalized spacial score (nSPS) is 16.8. The summed E-state index contributed by atoms with van der Waals surface area (Å²) < 4.78 is 41.3. The third-order valence-electron chi connectivity index (χ3n) is 4.84. The third-order valence-corrected chi connectivity index (χ3v) is 5.78. The molecule has 1 aromatic carbocycles. The van der Waals surface area contributed by atoms with Gasteiger partial charge < -0.3 is 10.2 Å². The van der Waals surface area contributed by atoms with Crippen molar-refractivity contribution in [3.63, 3.8) is 0 Å². The molecule has 2 aliphatic rings. The molecule has 0 radical (unpaired) electrons. The van der Waals surface area contributed by atoms with E-state index in [1.807, 2.05) is 6.07 Å². The molecule has 2 aromatic rings. The van der Waals surface area contributed by atoms with E-state index < -0.39 is 17.6 Å². The number of pyridine rings is 1. The Balaban J connectivity index is 1.86. The Morgan fingerprint density at radius 1 is 1.20 bits per heavy atom. The van der Waals surface area contributed by atoms with Gasteiger partial charge in [0, 0.05) is 36.4 Å². The number of amides is 1. The van der Waals surface area contributed by atoms with Crippen molar-refractivity contribution >= 4 is 40.4 Å². The van der Waals surface area contributed by atoms with E-state index >= 15 is 0 Å². The van der Waals surface area contributed by atoms with Crippen LogP contribution in [0.15, 0.2) is 35.5 Å². The maximum absolute atomic E-state index is 13.8. The van der Waals surface area contributed by atoms with Gasteiger partial charge in [-0.05, 0) is 24.3 Å². The number of hydrogen-bond acceptors (Lipinski definition) is 6. The van der Waals surface area contributed by atoms with E-state index in [-0.39, 0.29) is 29.2 Å². The van der Waals surface area contributed by atoms with E-state index in [1.165, 1.54) is 18.3 Å². The van der Waals surface area contributed by atoms with Crippen LogP contribution in [0.25, 0.3) is 0 Å². The number of hydrogen-bond donors (Lipinski definition) is 1. The molecule has 0 spiro atoms. The van der Waals surface area contributed by atoms with E-state index in [0.717, 1.165) is 17.6 Å². The molecule has 1 fully saturated rings. The fourth-order valence-corrected chi connectivity index (χ4v) is 4.34. The van der Waals surface area contributed by atoms with Crippen molar-refractivity contribution in [1.29, 1.82) is 5.26 Å². The highest BCUT2D eigenvalue weighted by Gasteiger charge is 2.37. The first kappa shape index (κ1) is 20.2. The fraction of sp³-hybridized carbons (Fsp3) is 0.300. The predicted octanol–water partition coefficient (Wildman–Crippen LogP) is 3.99. The van der Waals surface area contributed by atoms with Gasteiger partial charge in [-0.1, -0.05) is 0 Å². The third kappa shape index (κ3) is 4.11. The molecule has 154 valence electrons. The number of carbonyl (C=O) groups excluding carboxylic acids is 1. The average molecular weight is 431 g/mol. The fourth-order valence-electron chi connectivity index (χ4n) is 3.43. The number of carbonyl (C=O) groups is 1. The molecule has 1 N–H and O–H groups in total. The Morgan fingerprint density at radius 3 is 2.67 bits per heavy atom. The van der Waals surface area contributed by atoms with Gasteiger partial charge in [0.25, 0.3) is 0 Å². The van der Waals surface area contributed by atoms with Crippen molar-refractivity contribution in [2.24, 2.45) is 4.99 Å². The number of nitrogens with one attached hydrogen (secondary N) is 1. The molecule has 0 saturated carbocycles. The summed E-state index contributed by atoms with van der Waals surface area (Å²) in [6.45, 7) is 1.01.